The van der Waals surface area contributed by atoms with E-state index in [2.05, 4.69) is 21.2 Å². The van der Waals surface area contributed by atoms with Gasteiger partial charge in [-0.05, 0) is 28.1 Å². The lowest BCUT2D eigenvalue weighted by Crippen LogP contribution is -2.04. The van der Waals surface area contributed by atoms with Gasteiger partial charge in [-0.2, -0.15) is 0 Å². The van der Waals surface area contributed by atoms with Gasteiger partial charge in [0.15, 0.2) is 0 Å². The molecule has 0 aliphatic rings. The van der Waals surface area contributed by atoms with E-state index in [4.69, 9.17) is 5.73 Å². The standard InChI is InChI=1S/C13H11BrF2N2/c14-9-5-12(17)13(6-11(9)16)18-7-8-3-1-2-4-10(8)15/h1-6,18H,7,17H2. The van der Waals surface area contributed by atoms with Crippen molar-refractivity contribution in [2.75, 3.05) is 11.1 Å². The van der Waals surface area contributed by atoms with Crippen LogP contribution in [-0.4, -0.2) is 0 Å². The molecule has 0 atom stereocenters. The van der Waals surface area contributed by atoms with E-state index in [1.54, 1.807) is 18.2 Å². The molecule has 0 saturated carbocycles. The van der Waals surface area contributed by atoms with Crippen LogP contribution in [0.25, 0.3) is 0 Å². The second-order valence-corrected chi connectivity index (χ2v) is 4.65. The zero-order valence-electron chi connectivity index (χ0n) is 9.38. The first kappa shape index (κ1) is 12.8. The molecule has 3 N–H and O–H groups in total. The summed E-state index contributed by atoms with van der Waals surface area (Å²) in [5, 5.41) is 2.91. The number of anilines is 2. The first-order chi connectivity index (χ1) is 8.58. The maximum atomic E-state index is 13.4. The summed E-state index contributed by atoms with van der Waals surface area (Å²) in [7, 11) is 0. The zero-order valence-corrected chi connectivity index (χ0v) is 11.0. The van der Waals surface area contributed by atoms with Crippen molar-refractivity contribution in [3.8, 4) is 0 Å². The summed E-state index contributed by atoms with van der Waals surface area (Å²) in [5.74, 6) is -0.721. The van der Waals surface area contributed by atoms with Crippen LogP contribution < -0.4 is 11.1 Å². The molecule has 0 aromatic heterocycles. The van der Waals surface area contributed by atoms with Crippen molar-refractivity contribution in [1.82, 2.24) is 0 Å². The summed E-state index contributed by atoms with van der Waals surface area (Å²) in [5.41, 5.74) is 7.09. The maximum Gasteiger partial charge on any atom is 0.139 e. The van der Waals surface area contributed by atoms with Crippen molar-refractivity contribution in [3.63, 3.8) is 0 Å². The third-order valence-corrected chi connectivity index (χ3v) is 3.13. The number of nitrogens with two attached hydrogens (primary N) is 1. The smallest absolute Gasteiger partial charge is 0.139 e. The molecule has 0 bridgehead atoms. The largest absolute Gasteiger partial charge is 0.397 e. The molecule has 0 radical (unpaired) electrons. The van der Waals surface area contributed by atoms with Gasteiger partial charge in [0.1, 0.15) is 11.6 Å². The number of hydrogen-bond donors (Lipinski definition) is 2. The lowest BCUT2D eigenvalue weighted by molar-refractivity contribution is 0.612. The van der Waals surface area contributed by atoms with E-state index < -0.39 is 5.82 Å². The van der Waals surface area contributed by atoms with E-state index in [-0.39, 0.29) is 12.4 Å². The summed E-state index contributed by atoms with van der Waals surface area (Å²) < 4.78 is 27.0. The molecule has 0 aliphatic heterocycles. The normalized spacial score (nSPS) is 10.4. The molecule has 0 saturated heterocycles. The quantitative estimate of drug-likeness (QED) is 0.843. The topological polar surface area (TPSA) is 38.0 Å². The van der Waals surface area contributed by atoms with Crippen molar-refractivity contribution in [2.24, 2.45) is 0 Å². The Morgan fingerprint density at radius 1 is 1.11 bits per heavy atom. The monoisotopic (exact) mass is 312 g/mol. The van der Waals surface area contributed by atoms with Gasteiger partial charge in [0.05, 0.1) is 15.8 Å². The molecule has 0 fully saturated rings. The minimum absolute atomic E-state index is 0.248. The Kier molecular flexibility index (Phi) is 3.81. The van der Waals surface area contributed by atoms with Gasteiger partial charge in [0, 0.05) is 18.2 Å². The average Bonchev–Trinajstić information content (AvgIpc) is 2.34. The van der Waals surface area contributed by atoms with Gasteiger partial charge in [-0.3, -0.25) is 0 Å². The third-order valence-electron chi connectivity index (χ3n) is 2.52. The van der Waals surface area contributed by atoms with E-state index in [1.165, 1.54) is 18.2 Å². The average molecular weight is 313 g/mol. The number of nitrogens with one attached hydrogen (secondary N) is 1. The molecule has 0 amide bonds. The molecular weight excluding hydrogens is 302 g/mol. The fourth-order valence-corrected chi connectivity index (χ4v) is 1.91. The SMILES string of the molecule is Nc1cc(Br)c(F)cc1NCc1ccccc1F. The van der Waals surface area contributed by atoms with Crippen LogP contribution in [0.4, 0.5) is 20.2 Å². The van der Waals surface area contributed by atoms with Gasteiger partial charge in [-0.25, -0.2) is 8.78 Å². The molecule has 0 aliphatic carbocycles. The van der Waals surface area contributed by atoms with Crippen molar-refractivity contribution >= 4 is 27.3 Å². The molecule has 18 heavy (non-hydrogen) atoms. The maximum absolute atomic E-state index is 13.4. The minimum atomic E-state index is -0.416. The Morgan fingerprint density at radius 3 is 2.56 bits per heavy atom. The Morgan fingerprint density at radius 2 is 1.83 bits per heavy atom. The third kappa shape index (κ3) is 2.79. The minimum Gasteiger partial charge on any atom is -0.397 e. The van der Waals surface area contributed by atoms with Crippen LogP contribution in [0.3, 0.4) is 0 Å². The van der Waals surface area contributed by atoms with Crippen LogP contribution in [0.15, 0.2) is 40.9 Å². The number of halogens is 3. The van der Waals surface area contributed by atoms with Crippen LogP contribution in [0, 0.1) is 11.6 Å². The number of benzene rings is 2. The zero-order chi connectivity index (χ0) is 13.1. The summed E-state index contributed by atoms with van der Waals surface area (Å²) in [6.45, 7) is 0.248. The van der Waals surface area contributed by atoms with Gasteiger partial charge >= 0.3 is 0 Å². The van der Waals surface area contributed by atoms with E-state index in [0.717, 1.165) is 0 Å². The molecule has 94 valence electrons. The first-order valence-electron chi connectivity index (χ1n) is 5.29. The van der Waals surface area contributed by atoms with Crippen LogP contribution in [-0.2, 0) is 6.54 Å². The van der Waals surface area contributed by atoms with E-state index in [0.29, 0.717) is 21.4 Å². The lowest BCUT2D eigenvalue weighted by Gasteiger charge is -2.10. The highest BCUT2D eigenvalue weighted by Gasteiger charge is 2.07. The highest BCUT2D eigenvalue weighted by atomic mass is 79.9. The predicted octanol–water partition coefficient (Wildman–Crippen LogP) is 3.92. The lowest BCUT2D eigenvalue weighted by atomic mass is 10.2. The molecule has 2 rings (SSSR count). The first-order valence-corrected chi connectivity index (χ1v) is 6.09. The van der Waals surface area contributed by atoms with Crippen LogP contribution >= 0.6 is 15.9 Å². The molecule has 5 heteroatoms. The predicted molar refractivity (Wildman–Crippen MR) is 72.2 cm³/mol. The molecule has 0 heterocycles. The summed E-state index contributed by atoms with van der Waals surface area (Å²) in [6, 6.07) is 9.15. The fraction of sp³-hybridized carbons (Fsp3) is 0.0769. The van der Waals surface area contributed by atoms with Crippen LogP contribution in [0.1, 0.15) is 5.56 Å². The van der Waals surface area contributed by atoms with Crippen molar-refractivity contribution in [3.05, 3.63) is 58.1 Å². The van der Waals surface area contributed by atoms with E-state index in [1.807, 2.05) is 0 Å². The van der Waals surface area contributed by atoms with Crippen molar-refractivity contribution < 1.29 is 8.78 Å². The molecule has 2 aromatic rings. The van der Waals surface area contributed by atoms with Crippen LogP contribution in [0.5, 0.6) is 0 Å². The van der Waals surface area contributed by atoms with Gasteiger partial charge in [0.25, 0.3) is 0 Å². The second-order valence-electron chi connectivity index (χ2n) is 3.80. The molecule has 0 spiro atoms. The van der Waals surface area contributed by atoms with Gasteiger partial charge in [-0.1, -0.05) is 18.2 Å². The number of nitrogen functional groups attached to an aromatic ring is 1. The molecule has 2 aromatic carbocycles. The molecule has 2 nitrogen and oxygen atoms in total. The Hall–Kier alpha value is -1.62. The van der Waals surface area contributed by atoms with E-state index in [9.17, 15) is 8.78 Å². The second kappa shape index (κ2) is 5.35. The summed E-state index contributed by atoms with van der Waals surface area (Å²) >= 11 is 3.05. The van der Waals surface area contributed by atoms with E-state index >= 15 is 0 Å². The number of hydrogen-bond acceptors (Lipinski definition) is 2. The fourth-order valence-electron chi connectivity index (χ4n) is 1.55. The van der Waals surface area contributed by atoms with Crippen LogP contribution in [0.2, 0.25) is 0 Å². The highest BCUT2D eigenvalue weighted by Crippen LogP contribution is 2.26. The molecule has 0 unspecified atom stereocenters. The number of rotatable bonds is 3. The summed E-state index contributed by atoms with van der Waals surface area (Å²) in [4.78, 5) is 0. The summed E-state index contributed by atoms with van der Waals surface area (Å²) in [6.07, 6.45) is 0. The van der Waals surface area contributed by atoms with Gasteiger partial charge in [-0.15, -0.1) is 0 Å². The Bertz CT molecular complexity index is 573. The van der Waals surface area contributed by atoms with Gasteiger partial charge in [0.2, 0.25) is 0 Å². The highest BCUT2D eigenvalue weighted by molar-refractivity contribution is 9.10. The molecular formula is C13H11BrF2N2. The van der Waals surface area contributed by atoms with Gasteiger partial charge < -0.3 is 11.1 Å². The Balaban J connectivity index is 2.16. The Labute approximate surface area is 112 Å². The van der Waals surface area contributed by atoms with Crippen molar-refractivity contribution in [1.29, 1.82) is 0 Å². The van der Waals surface area contributed by atoms with Crippen molar-refractivity contribution in [2.45, 2.75) is 6.54 Å².